The van der Waals surface area contributed by atoms with Gasteiger partial charge in [-0.2, -0.15) is 0 Å². The molecule has 0 amide bonds. The van der Waals surface area contributed by atoms with Crippen molar-refractivity contribution in [1.82, 2.24) is 9.80 Å². The van der Waals surface area contributed by atoms with Crippen LogP contribution in [0.4, 0.5) is 0 Å². The third kappa shape index (κ3) is 2.41. The zero-order chi connectivity index (χ0) is 11.5. The summed E-state index contributed by atoms with van der Waals surface area (Å²) in [6, 6.07) is 2.26. The molecule has 2 rings (SSSR count). The third-order valence-electron chi connectivity index (χ3n) is 4.59. The molecule has 0 aromatic carbocycles. The Labute approximate surface area is 100.0 Å². The number of hydrogen-bond donors (Lipinski definition) is 1. The highest BCUT2D eigenvalue weighted by Crippen LogP contribution is 2.29. The van der Waals surface area contributed by atoms with Crippen molar-refractivity contribution in [2.24, 2.45) is 5.73 Å². The summed E-state index contributed by atoms with van der Waals surface area (Å²) in [5.74, 6) is 0. The van der Waals surface area contributed by atoms with E-state index in [0.717, 1.165) is 18.6 Å². The molecule has 0 aromatic rings. The highest BCUT2D eigenvalue weighted by molar-refractivity contribution is 4.92. The van der Waals surface area contributed by atoms with Crippen LogP contribution in [0.1, 0.15) is 39.0 Å². The van der Waals surface area contributed by atoms with Crippen molar-refractivity contribution in [3.05, 3.63) is 0 Å². The van der Waals surface area contributed by atoms with E-state index >= 15 is 0 Å². The van der Waals surface area contributed by atoms with E-state index in [4.69, 9.17) is 5.73 Å². The lowest BCUT2D eigenvalue weighted by molar-refractivity contribution is 0.167. The molecule has 0 aromatic heterocycles. The molecule has 2 aliphatic rings. The van der Waals surface area contributed by atoms with Crippen molar-refractivity contribution < 1.29 is 0 Å². The fourth-order valence-electron chi connectivity index (χ4n) is 3.45. The molecular weight excluding hydrogens is 198 g/mol. The second-order valence-electron chi connectivity index (χ2n) is 5.51. The van der Waals surface area contributed by atoms with Crippen LogP contribution in [-0.4, -0.2) is 54.6 Å². The van der Waals surface area contributed by atoms with Crippen LogP contribution in [0.15, 0.2) is 0 Å². The summed E-state index contributed by atoms with van der Waals surface area (Å²) < 4.78 is 0. The summed E-state index contributed by atoms with van der Waals surface area (Å²) in [6.45, 7) is 5.59. The van der Waals surface area contributed by atoms with Crippen molar-refractivity contribution in [1.29, 1.82) is 0 Å². The quantitative estimate of drug-likeness (QED) is 0.782. The Morgan fingerprint density at radius 2 is 2.00 bits per heavy atom. The number of nitrogens with two attached hydrogens (primary N) is 1. The summed E-state index contributed by atoms with van der Waals surface area (Å²) in [4.78, 5) is 5.27. The Bertz CT molecular complexity index is 219. The molecule has 2 N–H and O–H groups in total. The van der Waals surface area contributed by atoms with Crippen LogP contribution < -0.4 is 5.73 Å². The minimum absolute atomic E-state index is 0.623. The van der Waals surface area contributed by atoms with Gasteiger partial charge >= 0.3 is 0 Å². The van der Waals surface area contributed by atoms with Gasteiger partial charge in [-0.25, -0.2) is 0 Å². The van der Waals surface area contributed by atoms with E-state index in [9.17, 15) is 0 Å². The molecular formula is C13H27N3. The van der Waals surface area contributed by atoms with Crippen LogP contribution in [0.3, 0.4) is 0 Å². The van der Waals surface area contributed by atoms with Crippen molar-refractivity contribution in [2.75, 3.05) is 26.7 Å². The second-order valence-corrected chi connectivity index (χ2v) is 5.51. The average molecular weight is 225 g/mol. The van der Waals surface area contributed by atoms with E-state index in [1.807, 2.05) is 0 Å². The number of likely N-dealkylation sites (tertiary alicyclic amines) is 1. The molecule has 0 aliphatic carbocycles. The van der Waals surface area contributed by atoms with Gasteiger partial charge in [-0.1, -0.05) is 13.3 Å². The van der Waals surface area contributed by atoms with Gasteiger partial charge in [-0.05, 0) is 32.7 Å². The van der Waals surface area contributed by atoms with Crippen LogP contribution in [-0.2, 0) is 0 Å². The average Bonchev–Trinajstić information content (AvgIpc) is 2.51. The number of rotatable bonds is 4. The first-order valence-electron chi connectivity index (χ1n) is 6.92. The lowest BCUT2D eigenvalue weighted by atomic mass is 10.0. The molecule has 0 spiro atoms. The molecule has 2 fully saturated rings. The van der Waals surface area contributed by atoms with Gasteiger partial charge in [0, 0.05) is 37.8 Å². The van der Waals surface area contributed by atoms with Gasteiger partial charge in [0.05, 0.1) is 0 Å². The molecule has 3 atom stereocenters. The smallest absolute Gasteiger partial charge is 0.0223 e. The summed E-state index contributed by atoms with van der Waals surface area (Å²) in [5, 5.41) is 0. The van der Waals surface area contributed by atoms with E-state index in [1.54, 1.807) is 0 Å². The Kier molecular flexibility index (Phi) is 4.22. The number of nitrogens with zero attached hydrogens (tertiary/aromatic N) is 2. The van der Waals surface area contributed by atoms with E-state index in [-0.39, 0.29) is 0 Å². The Balaban J connectivity index is 1.96. The molecule has 2 aliphatic heterocycles. The van der Waals surface area contributed by atoms with Crippen molar-refractivity contribution in [2.45, 2.75) is 57.2 Å². The first-order chi connectivity index (χ1) is 7.76. The third-order valence-corrected chi connectivity index (χ3v) is 4.59. The minimum atomic E-state index is 0.623. The molecule has 2 bridgehead atoms. The van der Waals surface area contributed by atoms with Crippen LogP contribution in [0.5, 0.6) is 0 Å². The standard InChI is InChI=1S/C13H27N3/c1-3-4-12(9-14)16-8-7-11-5-6-13(10-16)15(11)2/h11-13H,3-10,14H2,1-2H3. The van der Waals surface area contributed by atoms with Gasteiger partial charge in [-0.3, -0.25) is 9.80 Å². The molecule has 0 radical (unpaired) electrons. The predicted octanol–water partition coefficient (Wildman–Crippen LogP) is 1.28. The summed E-state index contributed by atoms with van der Waals surface area (Å²) in [7, 11) is 2.31. The molecule has 0 saturated carbocycles. The summed E-state index contributed by atoms with van der Waals surface area (Å²) in [5.41, 5.74) is 5.92. The van der Waals surface area contributed by atoms with Crippen molar-refractivity contribution >= 4 is 0 Å². The van der Waals surface area contributed by atoms with Crippen molar-refractivity contribution in [3.63, 3.8) is 0 Å². The topological polar surface area (TPSA) is 32.5 Å². The monoisotopic (exact) mass is 225 g/mol. The van der Waals surface area contributed by atoms with Gasteiger partial charge in [-0.15, -0.1) is 0 Å². The molecule has 3 heteroatoms. The Hall–Kier alpha value is -0.120. The Morgan fingerprint density at radius 3 is 2.69 bits per heavy atom. The highest BCUT2D eigenvalue weighted by Gasteiger charge is 2.35. The molecule has 3 nitrogen and oxygen atoms in total. The largest absolute Gasteiger partial charge is 0.329 e. The first-order valence-corrected chi connectivity index (χ1v) is 6.92. The van der Waals surface area contributed by atoms with Gasteiger partial charge in [0.2, 0.25) is 0 Å². The molecule has 94 valence electrons. The van der Waals surface area contributed by atoms with Crippen LogP contribution in [0, 0.1) is 0 Å². The maximum atomic E-state index is 5.92. The number of hydrogen-bond acceptors (Lipinski definition) is 3. The van der Waals surface area contributed by atoms with E-state index < -0.39 is 0 Å². The summed E-state index contributed by atoms with van der Waals surface area (Å²) in [6.07, 6.45) is 6.66. The normalized spacial score (nSPS) is 33.9. The molecule has 3 unspecified atom stereocenters. The van der Waals surface area contributed by atoms with Crippen LogP contribution in [0.2, 0.25) is 0 Å². The second kappa shape index (κ2) is 5.48. The number of likely N-dealkylation sites (N-methyl/N-ethyl adjacent to an activating group) is 1. The fourth-order valence-corrected chi connectivity index (χ4v) is 3.45. The van der Waals surface area contributed by atoms with Crippen LogP contribution in [0.25, 0.3) is 0 Å². The Morgan fingerprint density at radius 1 is 1.25 bits per heavy atom. The highest BCUT2D eigenvalue weighted by atomic mass is 15.3. The lowest BCUT2D eigenvalue weighted by Gasteiger charge is -2.32. The van der Waals surface area contributed by atoms with Gasteiger partial charge in [0.1, 0.15) is 0 Å². The van der Waals surface area contributed by atoms with E-state index in [0.29, 0.717) is 6.04 Å². The zero-order valence-electron chi connectivity index (χ0n) is 10.9. The minimum Gasteiger partial charge on any atom is -0.329 e. The maximum absolute atomic E-state index is 5.92. The van der Waals surface area contributed by atoms with Gasteiger partial charge in [0.25, 0.3) is 0 Å². The molecule has 2 saturated heterocycles. The zero-order valence-corrected chi connectivity index (χ0v) is 10.9. The predicted molar refractivity (Wildman–Crippen MR) is 68.5 cm³/mol. The van der Waals surface area contributed by atoms with Gasteiger partial charge < -0.3 is 5.73 Å². The molecule has 2 heterocycles. The van der Waals surface area contributed by atoms with Crippen molar-refractivity contribution in [3.8, 4) is 0 Å². The first kappa shape index (κ1) is 12.3. The molecule has 16 heavy (non-hydrogen) atoms. The van der Waals surface area contributed by atoms with Crippen LogP contribution >= 0.6 is 0 Å². The maximum Gasteiger partial charge on any atom is 0.0223 e. The van der Waals surface area contributed by atoms with Gasteiger partial charge in [0.15, 0.2) is 0 Å². The number of fused-ring (bicyclic) bond motifs is 2. The lowest BCUT2D eigenvalue weighted by Crippen LogP contribution is -2.45. The fraction of sp³-hybridized carbons (Fsp3) is 1.00. The van der Waals surface area contributed by atoms with E-state index in [2.05, 4.69) is 23.8 Å². The van der Waals surface area contributed by atoms with E-state index in [1.165, 1.54) is 45.2 Å². The SMILES string of the molecule is CCCC(CN)N1CCC2CCC(C1)N2C. The summed E-state index contributed by atoms with van der Waals surface area (Å²) >= 11 is 0.